The molecule has 0 saturated carbocycles. The van der Waals surface area contributed by atoms with Crippen molar-refractivity contribution in [3.05, 3.63) is 22.4 Å². The molecule has 66 valence electrons. The van der Waals surface area contributed by atoms with Crippen LogP contribution in [0, 0.1) is 0 Å². The molecule has 0 atom stereocenters. The van der Waals surface area contributed by atoms with Crippen LogP contribution < -0.4 is 5.73 Å². The Morgan fingerprint density at radius 3 is 3.08 bits per heavy atom. The molecule has 2 N–H and O–H groups in total. The van der Waals surface area contributed by atoms with Gasteiger partial charge in [-0.1, -0.05) is 6.07 Å². The highest BCUT2D eigenvalue weighted by molar-refractivity contribution is 7.98. The lowest BCUT2D eigenvalue weighted by molar-refractivity contribution is -0.117. The van der Waals surface area contributed by atoms with E-state index in [1.807, 2.05) is 6.07 Å². The van der Waals surface area contributed by atoms with Crippen molar-refractivity contribution in [3.8, 4) is 0 Å². The molecule has 0 fully saturated rings. The summed E-state index contributed by atoms with van der Waals surface area (Å²) >= 11 is 3.49. The minimum Gasteiger partial charge on any atom is -0.370 e. The molecule has 1 aromatic rings. The fourth-order valence-electron chi connectivity index (χ4n) is 0.740. The molecule has 4 heteroatoms. The van der Waals surface area contributed by atoms with Gasteiger partial charge < -0.3 is 5.73 Å². The van der Waals surface area contributed by atoms with Crippen molar-refractivity contribution < 1.29 is 4.79 Å². The van der Waals surface area contributed by atoms with Gasteiger partial charge in [-0.15, -0.1) is 11.3 Å². The summed E-state index contributed by atoms with van der Waals surface area (Å²) in [7, 11) is 0. The van der Waals surface area contributed by atoms with E-state index in [0.717, 1.165) is 11.5 Å². The fraction of sp³-hybridized carbons (Fsp3) is 0.375. The molecule has 0 spiro atoms. The molecule has 1 heterocycles. The van der Waals surface area contributed by atoms with Gasteiger partial charge in [0.05, 0.1) is 0 Å². The number of carbonyl (C=O) groups excluding carboxylic acids is 1. The summed E-state index contributed by atoms with van der Waals surface area (Å²) in [6, 6.07) is 4.14. The zero-order valence-electron chi connectivity index (χ0n) is 6.66. The fourth-order valence-corrected chi connectivity index (χ4v) is 2.54. The third kappa shape index (κ3) is 3.78. The molecule has 2 nitrogen and oxygen atoms in total. The van der Waals surface area contributed by atoms with Gasteiger partial charge in [0, 0.05) is 22.8 Å². The second-order valence-corrected chi connectivity index (χ2v) is 4.49. The molecule has 1 rings (SSSR count). The first-order chi connectivity index (χ1) is 5.79. The Balaban J connectivity index is 2.07. The summed E-state index contributed by atoms with van der Waals surface area (Å²) in [5, 5.41) is 2.06. The van der Waals surface area contributed by atoms with Gasteiger partial charge in [-0.25, -0.2) is 0 Å². The number of rotatable bonds is 5. The predicted molar refractivity (Wildman–Crippen MR) is 54.3 cm³/mol. The molecule has 0 aliphatic heterocycles. The highest BCUT2D eigenvalue weighted by Gasteiger charge is 1.96. The van der Waals surface area contributed by atoms with E-state index >= 15 is 0 Å². The average molecular weight is 201 g/mol. The van der Waals surface area contributed by atoms with Crippen LogP contribution in [-0.4, -0.2) is 11.7 Å². The summed E-state index contributed by atoms with van der Waals surface area (Å²) < 4.78 is 0. The van der Waals surface area contributed by atoms with E-state index < -0.39 is 0 Å². The Labute approximate surface area is 80.2 Å². The number of primary amides is 1. The summed E-state index contributed by atoms with van der Waals surface area (Å²) in [6.07, 6.45) is 0.482. The highest BCUT2D eigenvalue weighted by atomic mass is 32.2. The molecule has 0 unspecified atom stereocenters. The van der Waals surface area contributed by atoms with Crippen molar-refractivity contribution in [3.63, 3.8) is 0 Å². The normalized spacial score (nSPS) is 10.0. The Bertz CT molecular complexity index is 233. The van der Waals surface area contributed by atoms with Crippen molar-refractivity contribution in [2.24, 2.45) is 5.73 Å². The number of thioether (sulfide) groups is 1. The second-order valence-electron chi connectivity index (χ2n) is 2.35. The lowest BCUT2D eigenvalue weighted by Gasteiger charge is -1.95. The van der Waals surface area contributed by atoms with E-state index in [4.69, 9.17) is 5.73 Å². The number of nitrogens with two attached hydrogens (primary N) is 1. The molecular formula is C8H11NOS2. The quantitative estimate of drug-likeness (QED) is 0.739. The van der Waals surface area contributed by atoms with E-state index in [2.05, 4.69) is 11.4 Å². The van der Waals surface area contributed by atoms with E-state index in [-0.39, 0.29) is 5.91 Å². The lowest BCUT2D eigenvalue weighted by atomic mass is 10.5. The van der Waals surface area contributed by atoms with Gasteiger partial charge in [-0.05, 0) is 11.4 Å². The zero-order chi connectivity index (χ0) is 8.81. The van der Waals surface area contributed by atoms with E-state index in [0.29, 0.717) is 6.42 Å². The summed E-state index contributed by atoms with van der Waals surface area (Å²) in [6.45, 7) is 0. The number of thiophene rings is 1. The van der Waals surface area contributed by atoms with Crippen LogP contribution in [-0.2, 0) is 10.5 Å². The number of hydrogen-bond donors (Lipinski definition) is 1. The number of amides is 1. The Hall–Kier alpha value is -0.480. The lowest BCUT2D eigenvalue weighted by Crippen LogP contribution is -2.10. The van der Waals surface area contributed by atoms with Crippen LogP contribution in [0.5, 0.6) is 0 Å². The number of hydrogen-bond acceptors (Lipinski definition) is 3. The van der Waals surface area contributed by atoms with Crippen LogP contribution >= 0.6 is 23.1 Å². The van der Waals surface area contributed by atoms with E-state index in [1.54, 1.807) is 23.1 Å². The number of carbonyl (C=O) groups is 1. The predicted octanol–water partition coefficient (Wildman–Crippen LogP) is 1.86. The molecular weight excluding hydrogens is 190 g/mol. The topological polar surface area (TPSA) is 43.1 Å². The Morgan fingerprint density at radius 1 is 1.67 bits per heavy atom. The third-order valence-corrected chi connectivity index (χ3v) is 3.38. The molecule has 0 radical (unpaired) electrons. The van der Waals surface area contributed by atoms with Crippen LogP contribution in [0.4, 0.5) is 0 Å². The largest absolute Gasteiger partial charge is 0.370 e. The van der Waals surface area contributed by atoms with Gasteiger partial charge in [0.25, 0.3) is 0 Å². The smallest absolute Gasteiger partial charge is 0.218 e. The first-order valence-corrected chi connectivity index (χ1v) is 5.71. The highest BCUT2D eigenvalue weighted by Crippen LogP contribution is 2.17. The maximum absolute atomic E-state index is 10.4. The minimum atomic E-state index is -0.214. The van der Waals surface area contributed by atoms with Crippen molar-refractivity contribution in [1.82, 2.24) is 0 Å². The standard InChI is InChI=1S/C8H11NOS2/c9-8(10)3-5-11-6-7-2-1-4-12-7/h1-2,4H,3,5-6H2,(H2,9,10). The van der Waals surface area contributed by atoms with Crippen molar-refractivity contribution in [2.45, 2.75) is 12.2 Å². The maximum atomic E-state index is 10.4. The molecule has 0 aliphatic carbocycles. The molecule has 0 saturated heterocycles. The van der Waals surface area contributed by atoms with Crippen LogP contribution in [0.15, 0.2) is 17.5 Å². The van der Waals surface area contributed by atoms with Crippen LogP contribution in [0.25, 0.3) is 0 Å². The molecule has 0 aliphatic rings. The van der Waals surface area contributed by atoms with Crippen LogP contribution in [0.2, 0.25) is 0 Å². The third-order valence-electron chi connectivity index (χ3n) is 1.32. The monoisotopic (exact) mass is 201 g/mol. The van der Waals surface area contributed by atoms with Gasteiger partial charge in [-0.3, -0.25) is 4.79 Å². The van der Waals surface area contributed by atoms with Crippen molar-refractivity contribution >= 4 is 29.0 Å². The van der Waals surface area contributed by atoms with Crippen molar-refractivity contribution in [1.29, 1.82) is 0 Å². The van der Waals surface area contributed by atoms with Crippen molar-refractivity contribution in [2.75, 3.05) is 5.75 Å². The average Bonchev–Trinajstić information content (AvgIpc) is 2.49. The molecule has 0 aromatic carbocycles. The Kier molecular flexibility index (Phi) is 4.18. The van der Waals surface area contributed by atoms with E-state index in [9.17, 15) is 4.79 Å². The van der Waals surface area contributed by atoms with E-state index in [1.165, 1.54) is 4.88 Å². The maximum Gasteiger partial charge on any atom is 0.218 e. The summed E-state index contributed by atoms with van der Waals surface area (Å²) in [5.41, 5.74) is 5.00. The van der Waals surface area contributed by atoms with Gasteiger partial charge in [0.1, 0.15) is 0 Å². The van der Waals surface area contributed by atoms with Crippen LogP contribution in [0.3, 0.4) is 0 Å². The first kappa shape index (κ1) is 9.61. The molecule has 1 amide bonds. The zero-order valence-corrected chi connectivity index (χ0v) is 8.29. The van der Waals surface area contributed by atoms with Gasteiger partial charge >= 0.3 is 0 Å². The van der Waals surface area contributed by atoms with Gasteiger partial charge in [0.2, 0.25) is 5.91 Å². The summed E-state index contributed by atoms with van der Waals surface area (Å²) in [5.74, 6) is 1.60. The molecule has 1 aromatic heterocycles. The van der Waals surface area contributed by atoms with Gasteiger partial charge in [0.15, 0.2) is 0 Å². The van der Waals surface area contributed by atoms with Crippen LogP contribution in [0.1, 0.15) is 11.3 Å². The molecule has 0 bridgehead atoms. The second kappa shape index (κ2) is 5.22. The Morgan fingerprint density at radius 2 is 2.50 bits per heavy atom. The summed E-state index contributed by atoms with van der Waals surface area (Å²) in [4.78, 5) is 11.7. The minimum absolute atomic E-state index is 0.214. The van der Waals surface area contributed by atoms with Gasteiger partial charge in [-0.2, -0.15) is 11.8 Å². The first-order valence-electron chi connectivity index (χ1n) is 3.67. The SMILES string of the molecule is NC(=O)CCSCc1cccs1. The molecule has 12 heavy (non-hydrogen) atoms.